The van der Waals surface area contributed by atoms with E-state index in [1.165, 1.54) is 11.0 Å². The summed E-state index contributed by atoms with van der Waals surface area (Å²) in [7, 11) is 0. The summed E-state index contributed by atoms with van der Waals surface area (Å²) in [5.41, 5.74) is 13.0. The van der Waals surface area contributed by atoms with E-state index in [0.717, 1.165) is 5.56 Å². The number of nitrogens with zero attached hydrogens (tertiary/aromatic N) is 4. The lowest BCUT2D eigenvalue weighted by atomic mass is 10.2. The first-order valence-electron chi connectivity index (χ1n) is 7.17. The Morgan fingerprint density at radius 2 is 1.88 bits per heavy atom. The van der Waals surface area contributed by atoms with Crippen molar-refractivity contribution in [3.05, 3.63) is 53.5 Å². The summed E-state index contributed by atoms with van der Waals surface area (Å²) in [6.45, 7) is 3.64. The number of ether oxygens (including phenoxy) is 1. The topological polar surface area (TPSA) is 122 Å². The number of nitrogen functional groups attached to an aromatic ring is 1. The highest BCUT2D eigenvalue weighted by Gasteiger charge is 2.19. The minimum atomic E-state index is -0.638. The van der Waals surface area contributed by atoms with Crippen LogP contribution in [-0.2, 0) is 0 Å². The molecule has 0 radical (unpaired) electrons. The normalized spacial score (nSPS) is 10.6. The molecule has 1 amide bonds. The number of hydrogen-bond acceptors (Lipinski definition) is 6. The van der Waals surface area contributed by atoms with Crippen LogP contribution in [0.4, 0.5) is 5.82 Å². The number of amides is 1. The highest BCUT2D eigenvalue weighted by atomic mass is 16.5. The summed E-state index contributed by atoms with van der Waals surface area (Å²) in [4.78, 5) is 19.6. The van der Waals surface area contributed by atoms with E-state index in [4.69, 9.17) is 16.2 Å². The van der Waals surface area contributed by atoms with E-state index in [9.17, 15) is 4.79 Å². The molecule has 1 aromatic carbocycles. The van der Waals surface area contributed by atoms with Gasteiger partial charge in [0.15, 0.2) is 5.82 Å². The van der Waals surface area contributed by atoms with Crippen molar-refractivity contribution in [2.24, 2.45) is 5.73 Å². The average molecular weight is 324 g/mol. The van der Waals surface area contributed by atoms with Crippen LogP contribution in [0.5, 0.6) is 11.6 Å². The van der Waals surface area contributed by atoms with Crippen LogP contribution in [0, 0.1) is 13.8 Å². The van der Waals surface area contributed by atoms with Crippen LogP contribution in [0.3, 0.4) is 0 Å². The number of carbonyl (C=O) groups excluding carboxylic acids is 1. The van der Waals surface area contributed by atoms with Gasteiger partial charge in [-0.05, 0) is 26.0 Å². The molecule has 0 aliphatic heterocycles. The summed E-state index contributed by atoms with van der Waals surface area (Å²) in [6, 6.07) is 9.13. The first-order valence-corrected chi connectivity index (χ1v) is 7.17. The minimum absolute atomic E-state index is 0.125. The van der Waals surface area contributed by atoms with Gasteiger partial charge >= 0.3 is 0 Å². The number of rotatable bonds is 4. The van der Waals surface area contributed by atoms with E-state index in [0.29, 0.717) is 23.1 Å². The van der Waals surface area contributed by atoms with Crippen LogP contribution < -0.4 is 16.2 Å². The van der Waals surface area contributed by atoms with E-state index in [1.807, 2.05) is 31.2 Å². The summed E-state index contributed by atoms with van der Waals surface area (Å²) < 4.78 is 7.03. The highest BCUT2D eigenvalue weighted by Crippen LogP contribution is 2.23. The maximum absolute atomic E-state index is 11.5. The Labute approximate surface area is 138 Å². The van der Waals surface area contributed by atoms with Gasteiger partial charge in [0, 0.05) is 6.07 Å². The Hall–Kier alpha value is -3.42. The first kappa shape index (κ1) is 15.5. The Morgan fingerprint density at radius 1 is 1.17 bits per heavy atom. The molecule has 0 saturated carbocycles. The number of carbonyl (C=O) groups is 1. The monoisotopic (exact) mass is 324 g/mol. The predicted molar refractivity (Wildman–Crippen MR) is 88.1 cm³/mol. The molecule has 122 valence electrons. The quantitative estimate of drug-likeness (QED) is 0.754. The number of anilines is 1. The molecule has 24 heavy (non-hydrogen) atoms. The van der Waals surface area contributed by atoms with E-state index in [-0.39, 0.29) is 11.4 Å². The molecule has 0 fully saturated rings. The third kappa shape index (κ3) is 2.89. The third-order valence-electron chi connectivity index (χ3n) is 3.43. The standard InChI is InChI=1S/C16H16N6O2/c1-9-3-5-11(6-4-9)24-13-7-12(19-8-20-13)22-15(17)14(16(18)23)10(2)21-22/h3-8H,17H2,1-2H3,(H2,18,23). The van der Waals surface area contributed by atoms with Crippen molar-refractivity contribution in [2.45, 2.75) is 13.8 Å². The van der Waals surface area contributed by atoms with Crippen LogP contribution >= 0.6 is 0 Å². The summed E-state index contributed by atoms with van der Waals surface area (Å²) in [5.74, 6) is 0.839. The smallest absolute Gasteiger partial charge is 0.254 e. The van der Waals surface area contributed by atoms with Crippen molar-refractivity contribution < 1.29 is 9.53 Å². The van der Waals surface area contributed by atoms with Crippen molar-refractivity contribution in [3.8, 4) is 17.4 Å². The molecule has 0 bridgehead atoms. The van der Waals surface area contributed by atoms with Gasteiger partial charge in [0.1, 0.15) is 23.5 Å². The summed E-state index contributed by atoms with van der Waals surface area (Å²) in [5, 5.41) is 4.21. The van der Waals surface area contributed by atoms with Gasteiger partial charge in [0.05, 0.1) is 5.69 Å². The van der Waals surface area contributed by atoms with Crippen molar-refractivity contribution in [3.63, 3.8) is 0 Å². The van der Waals surface area contributed by atoms with Gasteiger partial charge in [-0.15, -0.1) is 0 Å². The average Bonchev–Trinajstić information content (AvgIpc) is 2.85. The van der Waals surface area contributed by atoms with E-state index >= 15 is 0 Å². The van der Waals surface area contributed by atoms with Crippen LogP contribution in [0.25, 0.3) is 5.82 Å². The zero-order valence-electron chi connectivity index (χ0n) is 13.2. The lowest BCUT2D eigenvalue weighted by Crippen LogP contribution is -2.14. The maximum atomic E-state index is 11.5. The van der Waals surface area contributed by atoms with Gasteiger partial charge < -0.3 is 16.2 Å². The fraction of sp³-hybridized carbons (Fsp3) is 0.125. The number of primary amides is 1. The van der Waals surface area contributed by atoms with Gasteiger partial charge in [-0.3, -0.25) is 4.79 Å². The van der Waals surface area contributed by atoms with E-state index < -0.39 is 5.91 Å². The number of aromatic nitrogens is 4. The Bertz CT molecular complexity index is 901. The Morgan fingerprint density at radius 3 is 2.50 bits per heavy atom. The lowest BCUT2D eigenvalue weighted by Gasteiger charge is -2.07. The first-order chi connectivity index (χ1) is 11.5. The largest absolute Gasteiger partial charge is 0.439 e. The molecule has 0 aliphatic carbocycles. The number of hydrogen-bond donors (Lipinski definition) is 2. The molecule has 2 aromatic heterocycles. The zero-order chi connectivity index (χ0) is 17.3. The van der Waals surface area contributed by atoms with Gasteiger partial charge in [-0.25, -0.2) is 9.97 Å². The molecular weight excluding hydrogens is 308 g/mol. The molecular formula is C16H16N6O2. The molecule has 3 rings (SSSR count). The van der Waals surface area contributed by atoms with Crippen molar-refractivity contribution in [1.29, 1.82) is 0 Å². The zero-order valence-corrected chi connectivity index (χ0v) is 13.2. The molecule has 0 unspecified atom stereocenters. The number of aryl methyl sites for hydroxylation is 2. The minimum Gasteiger partial charge on any atom is -0.439 e. The molecule has 0 spiro atoms. The molecule has 0 atom stereocenters. The third-order valence-corrected chi connectivity index (χ3v) is 3.43. The second-order valence-electron chi connectivity index (χ2n) is 5.25. The molecule has 3 aromatic rings. The van der Waals surface area contributed by atoms with Gasteiger partial charge in [0.25, 0.3) is 5.91 Å². The summed E-state index contributed by atoms with van der Waals surface area (Å²) in [6.07, 6.45) is 1.33. The van der Waals surface area contributed by atoms with Crippen LogP contribution in [0.2, 0.25) is 0 Å². The highest BCUT2D eigenvalue weighted by molar-refractivity contribution is 5.98. The van der Waals surface area contributed by atoms with Gasteiger partial charge in [-0.1, -0.05) is 17.7 Å². The molecule has 0 aliphatic rings. The molecule has 0 saturated heterocycles. The molecule has 4 N–H and O–H groups in total. The molecule has 8 heteroatoms. The predicted octanol–water partition coefficient (Wildman–Crippen LogP) is 1.75. The Balaban J connectivity index is 1.95. The fourth-order valence-corrected chi connectivity index (χ4v) is 2.25. The number of nitrogens with two attached hydrogens (primary N) is 2. The van der Waals surface area contributed by atoms with Crippen molar-refractivity contribution >= 4 is 11.7 Å². The second kappa shape index (κ2) is 5.99. The van der Waals surface area contributed by atoms with Gasteiger partial charge in [-0.2, -0.15) is 9.78 Å². The Kier molecular flexibility index (Phi) is 3.87. The lowest BCUT2D eigenvalue weighted by molar-refractivity contribution is 0.100. The van der Waals surface area contributed by atoms with Crippen LogP contribution in [0.15, 0.2) is 36.7 Å². The van der Waals surface area contributed by atoms with Crippen LogP contribution in [-0.4, -0.2) is 25.7 Å². The molecule has 8 nitrogen and oxygen atoms in total. The van der Waals surface area contributed by atoms with E-state index in [2.05, 4.69) is 15.1 Å². The SMILES string of the molecule is Cc1ccc(Oc2cc(-n3nc(C)c(C(N)=O)c3N)ncn2)cc1. The molecule has 2 heterocycles. The van der Waals surface area contributed by atoms with Crippen LogP contribution in [0.1, 0.15) is 21.6 Å². The second-order valence-corrected chi connectivity index (χ2v) is 5.25. The van der Waals surface area contributed by atoms with E-state index in [1.54, 1.807) is 13.0 Å². The summed E-state index contributed by atoms with van der Waals surface area (Å²) >= 11 is 0. The number of benzene rings is 1. The van der Waals surface area contributed by atoms with Gasteiger partial charge in [0.2, 0.25) is 5.88 Å². The fourth-order valence-electron chi connectivity index (χ4n) is 2.25. The maximum Gasteiger partial charge on any atom is 0.254 e. The van der Waals surface area contributed by atoms with Crippen molar-refractivity contribution in [1.82, 2.24) is 19.7 Å². The van der Waals surface area contributed by atoms with Crippen molar-refractivity contribution in [2.75, 3.05) is 5.73 Å².